The Morgan fingerprint density at radius 1 is 1.30 bits per heavy atom. The van der Waals surface area contributed by atoms with Crippen molar-refractivity contribution < 1.29 is 0 Å². The summed E-state index contributed by atoms with van der Waals surface area (Å²) >= 11 is 0. The summed E-state index contributed by atoms with van der Waals surface area (Å²) in [7, 11) is 1.90. The van der Waals surface area contributed by atoms with E-state index in [1.54, 1.807) is 0 Å². The quantitative estimate of drug-likeness (QED) is 0.544. The first-order valence-electron chi connectivity index (χ1n) is 3.18. The molecule has 0 unspecified atom stereocenters. The molecule has 0 amide bonds. The Morgan fingerprint density at radius 2 is 2.00 bits per heavy atom. The molecule has 0 bridgehead atoms. The summed E-state index contributed by atoms with van der Waals surface area (Å²) in [5.74, 6) is 0. The minimum atomic E-state index is 0.490. The fourth-order valence-electron chi connectivity index (χ4n) is 0.753. The topological polar surface area (TPSA) is 23.8 Å². The molecule has 10 heavy (non-hydrogen) atoms. The van der Waals surface area contributed by atoms with Gasteiger partial charge in [-0.25, -0.2) is 0 Å². The molecule has 1 rings (SSSR count). The molecular weight excluding hydrogens is 121 g/mol. The van der Waals surface area contributed by atoms with Gasteiger partial charge in [0, 0.05) is 6.32 Å². The lowest BCUT2D eigenvalue weighted by Crippen LogP contribution is -2.11. The summed E-state index contributed by atoms with van der Waals surface area (Å²) in [6.45, 7) is 0. The standard InChI is InChI=1S/C8H7BN/c10-7-6-9-8-4-2-1-3-5-8/h1-5H,6H2. The third-order valence-corrected chi connectivity index (χ3v) is 1.23. The molecule has 0 atom stereocenters. The van der Waals surface area contributed by atoms with Crippen molar-refractivity contribution in [3.8, 4) is 6.07 Å². The van der Waals surface area contributed by atoms with E-state index in [9.17, 15) is 0 Å². The fourth-order valence-corrected chi connectivity index (χ4v) is 0.753. The molecule has 1 aromatic carbocycles. The highest BCUT2D eigenvalue weighted by atomic mass is 14.2. The Labute approximate surface area is 61.5 Å². The van der Waals surface area contributed by atoms with Gasteiger partial charge in [0.2, 0.25) is 0 Å². The van der Waals surface area contributed by atoms with E-state index in [2.05, 4.69) is 6.07 Å². The monoisotopic (exact) mass is 128 g/mol. The third kappa shape index (κ3) is 1.95. The molecule has 1 radical (unpaired) electrons. The molecule has 1 aromatic rings. The lowest BCUT2D eigenvalue weighted by molar-refractivity contribution is 1.48. The van der Waals surface area contributed by atoms with Crippen LogP contribution in [0, 0.1) is 11.3 Å². The van der Waals surface area contributed by atoms with Crippen molar-refractivity contribution in [1.29, 1.82) is 5.26 Å². The van der Waals surface area contributed by atoms with Gasteiger partial charge in [-0.3, -0.25) is 0 Å². The Morgan fingerprint density at radius 3 is 2.60 bits per heavy atom. The Balaban J connectivity index is 2.52. The van der Waals surface area contributed by atoms with Crippen molar-refractivity contribution in [2.45, 2.75) is 6.32 Å². The smallest absolute Gasteiger partial charge is 0.169 e. The van der Waals surface area contributed by atoms with E-state index >= 15 is 0 Å². The highest BCUT2D eigenvalue weighted by Gasteiger charge is 1.90. The minimum absolute atomic E-state index is 0.490. The number of nitriles is 1. The van der Waals surface area contributed by atoms with E-state index in [1.165, 1.54) is 0 Å². The fraction of sp³-hybridized carbons (Fsp3) is 0.125. The van der Waals surface area contributed by atoms with Crippen LogP contribution in [0.5, 0.6) is 0 Å². The van der Waals surface area contributed by atoms with Gasteiger partial charge < -0.3 is 0 Å². The van der Waals surface area contributed by atoms with E-state index in [1.807, 2.05) is 37.6 Å². The zero-order valence-corrected chi connectivity index (χ0v) is 5.62. The molecule has 0 saturated carbocycles. The molecule has 47 valence electrons. The summed E-state index contributed by atoms with van der Waals surface area (Å²) in [5.41, 5.74) is 1.11. The van der Waals surface area contributed by atoms with Crippen molar-refractivity contribution in [3.63, 3.8) is 0 Å². The molecule has 0 N–H and O–H groups in total. The third-order valence-electron chi connectivity index (χ3n) is 1.23. The summed E-state index contributed by atoms with van der Waals surface area (Å²) in [6.07, 6.45) is 0.490. The van der Waals surface area contributed by atoms with Crippen molar-refractivity contribution >= 4 is 12.7 Å². The second kappa shape index (κ2) is 3.73. The maximum atomic E-state index is 8.25. The maximum Gasteiger partial charge on any atom is 0.169 e. The van der Waals surface area contributed by atoms with Crippen LogP contribution in [0.2, 0.25) is 6.32 Å². The summed E-state index contributed by atoms with van der Waals surface area (Å²) in [5, 5.41) is 8.25. The van der Waals surface area contributed by atoms with Gasteiger partial charge in [-0.1, -0.05) is 35.8 Å². The van der Waals surface area contributed by atoms with Crippen LogP contribution in [0.1, 0.15) is 0 Å². The van der Waals surface area contributed by atoms with Crippen LogP contribution < -0.4 is 5.46 Å². The number of rotatable bonds is 2. The molecule has 0 heterocycles. The average Bonchev–Trinajstić information content (AvgIpc) is 2.03. The molecular formula is C8H7BN. The van der Waals surface area contributed by atoms with E-state index in [4.69, 9.17) is 5.26 Å². The number of hydrogen-bond acceptors (Lipinski definition) is 1. The zero-order valence-electron chi connectivity index (χ0n) is 5.62. The Kier molecular flexibility index (Phi) is 2.57. The molecule has 0 aromatic heterocycles. The maximum absolute atomic E-state index is 8.25. The summed E-state index contributed by atoms with van der Waals surface area (Å²) < 4.78 is 0. The normalized spacial score (nSPS) is 8.30. The van der Waals surface area contributed by atoms with Crippen LogP contribution >= 0.6 is 0 Å². The lowest BCUT2D eigenvalue weighted by Gasteiger charge is -1.91. The van der Waals surface area contributed by atoms with Gasteiger partial charge in [-0.05, 0) is 0 Å². The van der Waals surface area contributed by atoms with Crippen molar-refractivity contribution in [1.82, 2.24) is 0 Å². The average molecular weight is 128 g/mol. The molecule has 2 heteroatoms. The Bertz CT molecular complexity index is 225. The van der Waals surface area contributed by atoms with Crippen LogP contribution in [0.4, 0.5) is 0 Å². The predicted molar refractivity (Wildman–Crippen MR) is 42.3 cm³/mol. The molecule has 1 nitrogen and oxygen atoms in total. The zero-order chi connectivity index (χ0) is 7.23. The van der Waals surface area contributed by atoms with Crippen LogP contribution in [-0.4, -0.2) is 7.28 Å². The number of nitrogens with zero attached hydrogens (tertiary/aromatic N) is 1. The van der Waals surface area contributed by atoms with Gasteiger partial charge in [0.15, 0.2) is 7.28 Å². The molecule has 0 spiro atoms. The molecule has 0 saturated heterocycles. The van der Waals surface area contributed by atoms with Gasteiger partial charge in [-0.15, -0.1) is 0 Å². The largest absolute Gasteiger partial charge is 0.199 e. The molecule has 0 fully saturated rings. The second-order valence-electron chi connectivity index (χ2n) is 1.98. The van der Waals surface area contributed by atoms with Gasteiger partial charge in [-0.2, -0.15) is 5.26 Å². The van der Waals surface area contributed by atoms with Crippen LogP contribution in [-0.2, 0) is 0 Å². The lowest BCUT2D eigenvalue weighted by atomic mass is 9.68. The van der Waals surface area contributed by atoms with Gasteiger partial charge in [0.25, 0.3) is 0 Å². The Hall–Kier alpha value is -1.23. The van der Waals surface area contributed by atoms with Gasteiger partial charge >= 0.3 is 0 Å². The minimum Gasteiger partial charge on any atom is -0.199 e. The van der Waals surface area contributed by atoms with Gasteiger partial charge in [0.1, 0.15) is 0 Å². The number of hydrogen-bond donors (Lipinski definition) is 0. The van der Waals surface area contributed by atoms with E-state index < -0.39 is 0 Å². The van der Waals surface area contributed by atoms with Crippen LogP contribution in [0.3, 0.4) is 0 Å². The SMILES string of the molecule is N#CC[B]c1ccccc1. The highest BCUT2D eigenvalue weighted by molar-refractivity contribution is 6.54. The van der Waals surface area contributed by atoms with Crippen molar-refractivity contribution in [2.24, 2.45) is 0 Å². The first kappa shape index (κ1) is 6.89. The van der Waals surface area contributed by atoms with Crippen LogP contribution in [0.25, 0.3) is 0 Å². The number of benzene rings is 1. The first-order valence-corrected chi connectivity index (χ1v) is 3.18. The van der Waals surface area contributed by atoms with E-state index in [-0.39, 0.29) is 0 Å². The first-order chi connectivity index (χ1) is 4.93. The van der Waals surface area contributed by atoms with Crippen molar-refractivity contribution in [2.75, 3.05) is 0 Å². The predicted octanol–water partition coefficient (Wildman–Crippen LogP) is 0.958. The summed E-state index contributed by atoms with van der Waals surface area (Å²) in [4.78, 5) is 0. The van der Waals surface area contributed by atoms with E-state index in [0.717, 1.165) is 5.46 Å². The second-order valence-corrected chi connectivity index (χ2v) is 1.98. The highest BCUT2D eigenvalue weighted by Crippen LogP contribution is 1.82. The summed E-state index contributed by atoms with van der Waals surface area (Å²) in [6, 6.07) is 11.9. The molecule has 0 aliphatic rings. The van der Waals surface area contributed by atoms with Gasteiger partial charge in [0.05, 0.1) is 6.07 Å². The van der Waals surface area contributed by atoms with Crippen molar-refractivity contribution in [3.05, 3.63) is 30.3 Å². The van der Waals surface area contributed by atoms with E-state index in [0.29, 0.717) is 6.32 Å². The molecule has 0 aliphatic carbocycles. The van der Waals surface area contributed by atoms with Crippen LogP contribution in [0.15, 0.2) is 30.3 Å². The molecule has 0 aliphatic heterocycles.